The van der Waals surface area contributed by atoms with Crippen molar-refractivity contribution < 1.29 is 9.84 Å². The number of aliphatic hydroxyl groups is 1. The molecule has 2 aromatic rings. The van der Waals surface area contributed by atoms with Crippen LogP contribution >= 0.6 is 0 Å². The molecule has 0 bridgehead atoms. The van der Waals surface area contributed by atoms with Gasteiger partial charge >= 0.3 is 0 Å². The van der Waals surface area contributed by atoms with E-state index >= 15 is 0 Å². The zero-order chi connectivity index (χ0) is 13.1. The smallest absolute Gasteiger partial charge is 0.119 e. The minimum Gasteiger partial charge on any atom is -0.497 e. The molecule has 0 aliphatic carbocycles. The summed E-state index contributed by atoms with van der Waals surface area (Å²) in [5.74, 6) is 0.821. The predicted molar refractivity (Wildman–Crippen MR) is 72.5 cm³/mol. The summed E-state index contributed by atoms with van der Waals surface area (Å²) >= 11 is 0. The minimum atomic E-state index is -0.722. The standard InChI is InChI=1S/C14H18N2O2/c1-18-12-5-4-9-6-11(3-2-10(9)7-12)14(16)13(17)8-15/h2-7,13-14,17H,8,15-16H2,1H3. The highest BCUT2D eigenvalue weighted by Crippen LogP contribution is 2.24. The Kier molecular flexibility index (Phi) is 3.81. The third-order valence-electron chi connectivity index (χ3n) is 3.11. The summed E-state index contributed by atoms with van der Waals surface area (Å²) in [6.45, 7) is 0.155. The highest BCUT2D eigenvalue weighted by atomic mass is 16.5. The fourth-order valence-electron chi connectivity index (χ4n) is 1.95. The molecule has 0 saturated heterocycles. The molecule has 0 fully saturated rings. The third-order valence-corrected chi connectivity index (χ3v) is 3.11. The Balaban J connectivity index is 2.38. The quantitative estimate of drug-likeness (QED) is 0.756. The van der Waals surface area contributed by atoms with Crippen molar-refractivity contribution in [2.24, 2.45) is 11.5 Å². The van der Waals surface area contributed by atoms with Gasteiger partial charge in [-0.3, -0.25) is 0 Å². The number of hydrogen-bond acceptors (Lipinski definition) is 4. The average molecular weight is 246 g/mol. The normalized spacial score (nSPS) is 14.4. The van der Waals surface area contributed by atoms with Gasteiger partial charge in [-0.15, -0.1) is 0 Å². The first kappa shape index (κ1) is 12.8. The predicted octanol–water partition coefficient (Wildman–Crippen LogP) is 1.17. The monoisotopic (exact) mass is 246 g/mol. The Labute approximate surface area is 106 Å². The molecule has 0 aromatic heterocycles. The lowest BCUT2D eigenvalue weighted by atomic mass is 9.99. The summed E-state index contributed by atoms with van der Waals surface area (Å²) in [6.07, 6.45) is -0.722. The van der Waals surface area contributed by atoms with Gasteiger partial charge in [-0.25, -0.2) is 0 Å². The van der Waals surface area contributed by atoms with E-state index in [9.17, 15) is 5.11 Å². The van der Waals surface area contributed by atoms with Gasteiger partial charge < -0.3 is 21.3 Å². The van der Waals surface area contributed by atoms with Gasteiger partial charge in [-0.2, -0.15) is 0 Å². The van der Waals surface area contributed by atoms with E-state index < -0.39 is 12.1 Å². The summed E-state index contributed by atoms with van der Waals surface area (Å²) in [5, 5.41) is 11.8. The number of aliphatic hydroxyl groups excluding tert-OH is 1. The van der Waals surface area contributed by atoms with Crippen molar-refractivity contribution in [3.8, 4) is 5.75 Å². The number of fused-ring (bicyclic) bond motifs is 1. The second kappa shape index (κ2) is 5.35. The van der Waals surface area contributed by atoms with E-state index in [1.165, 1.54) is 0 Å². The molecule has 2 rings (SSSR count). The molecule has 4 heteroatoms. The Hall–Kier alpha value is -1.62. The van der Waals surface area contributed by atoms with Crippen LogP contribution in [0.4, 0.5) is 0 Å². The van der Waals surface area contributed by atoms with Crippen LogP contribution in [-0.4, -0.2) is 24.9 Å². The Morgan fingerprint density at radius 2 is 1.83 bits per heavy atom. The number of rotatable bonds is 4. The molecular formula is C14H18N2O2. The molecule has 0 amide bonds. The second-order valence-electron chi connectivity index (χ2n) is 4.30. The molecule has 0 radical (unpaired) electrons. The molecule has 0 heterocycles. The highest BCUT2D eigenvalue weighted by Gasteiger charge is 2.15. The van der Waals surface area contributed by atoms with Crippen LogP contribution < -0.4 is 16.2 Å². The Morgan fingerprint density at radius 3 is 2.50 bits per heavy atom. The Morgan fingerprint density at radius 1 is 1.17 bits per heavy atom. The van der Waals surface area contributed by atoms with Crippen molar-refractivity contribution in [2.75, 3.05) is 13.7 Å². The van der Waals surface area contributed by atoms with E-state index in [0.717, 1.165) is 22.1 Å². The molecule has 0 aliphatic rings. The molecule has 18 heavy (non-hydrogen) atoms. The van der Waals surface area contributed by atoms with Gasteiger partial charge in [0.2, 0.25) is 0 Å². The van der Waals surface area contributed by atoms with E-state index in [-0.39, 0.29) is 6.54 Å². The van der Waals surface area contributed by atoms with Gasteiger partial charge in [0.1, 0.15) is 5.75 Å². The molecule has 2 unspecified atom stereocenters. The lowest BCUT2D eigenvalue weighted by molar-refractivity contribution is 0.153. The summed E-state index contributed by atoms with van der Waals surface area (Å²) in [4.78, 5) is 0. The molecule has 96 valence electrons. The number of nitrogens with two attached hydrogens (primary N) is 2. The van der Waals surface area contributed by atoms with E-state index in [1.54, 1.807) is 7.11 Å². The lowest BCUT2D eigenvalue weighted by Crippen LogP contribution is -2.32. The van der Waals surface area contributed by atoms with Gasteiger partial charge in [-0.05, 0) is 34.5 Å². The van der Waals surface area contributed by atoms with Crippen molar-refractivity contribution >= 4 is 10.8 Å². The maximum Gasteiger partial charge on any atom is 0.119 e. The second-order valence-corrected chi connectivity index (χ2v) is 4.30. The van der Waals surface area contributed by atoms with Crippen LogP contribution in [0.3, 0.4) is 0 Å². The van der Waals surface area contributed by atoms with Crippen LogP contribution in [0.5, 0.6) is 5.75 Å². The van der Waals surface area contributed by atoms with Crippen LogP contribution in [0.25, 0.3) is 10.8 Å². The van der Waals surface area contributed by atoms with Crippen molar-refractivity contribution in [3.05, 3.63) is 42.0 Å². The zero-order valence-corrected chi connectivity index (χ0v) is 10.3. The fourth-order valence-corrected chi connectivity index (χ4v) is 1.95. The average Bonchev–Trinajstić information content (AvgIpc) is 2.44. The SMILES string of the molecule is COc1ccc2cc(C(N)C(O)CN)ccc2c1. The van der Waals surface area contributed by atoms with Gasteiger partial charge in [-0.1, -0.05) is 18.2 Å². The number of hydrogen-bond donors (Lipinski definition) is 3. The van der Waals surface area contributed by atoms with Crippen LogP contribution in [0.15, 0.2) is 36.4 Å². The van der Waals surface area contributed by atoms with E-state index in [0.29, 0.717) is 0 Å². The molecule has 4 nitrogen and oxygen atoms in total. The summed E-state index contributed by atoms with van der Waals surface area (Å²) < 4.78 is 5.17. The first-order valence-electron chi connectivity index (χ1n) is 5.87. The van der Waals surface area contributed by atoms with Crippen molar-refractivity contribution in [1.29, 1.82) is 0 Å². The maximum absolute atomic E-state index is 9.66. The van der Waals surface area contributed by atoms with Crippen molar-refractivity contribution in [3.63, 3.8) is 0 Å². The molecule has 0 spiro atoms. The molecule has 5 N–H and O–H groups in total. The molecule has 2 atom stereocenters. The summed E-state index contributed by atoms with van der Waals surface area (Å²) in [5.41, 5.74) is 12.2. The Bertz CT molecular complexity index is 542. The number of methoxy groups -OCH3 is 1. The van der Waals surface area contributed by atoms with Gasteiger partial charge in [0.25, 0.3) is 0 Å². The van der Waals surface area contributed by atoms with Crippen molar-refractivity contribution in [2.45, 2.75) is 12.1 Å². The zero-order valence-electron chi connectivity index (χ0n) is 10.3. The van der Waals surface area contributed by atoms with Gasteiger partial charge in [0, 0.05) is 6.54 Å². The first-order valence-corrected chi connectivity index (χ1v) is 5.87. The van der Waals surface area contributed by atoms with Crippen molar-refractivity contribution in [1.82, 2.24) is 0 Å². The van der Waals surface area contributed by atoms with Crippen LogP contribution in [-0.2, 0) is 0 Å². The summed E-state index contributed by atoms with van der Waals surface area (Å²) in [6, 6.07) is 11.2. The van der Waals surface area contributed by atoms with Crippen LogP contribution in [0, 0.1) is 0 Å². The van der Waals surface area contributed by atoms with Gasteiger partial charge in [0.05, 0.1) is 19.3 Å². The molecule has 0 saturated carbocycles. The molecular weight excluding hydrogens is 228 g/mol. The third kappa shape index (κ3) is 2.46. The molecule has 2 aromatic carbocycles. The topological polar surface area (TPSA) is 81.5 Å². The summed E-state index contributed by atoms with van der Waals surface area (Å²) in [7, 11) is 1.64. The van der Waals surface area contributed by atoms with E-state index in [1.807, 2.05) is 36.4 Å². The van der Waals surface area contributed by atoms with E-state index in [2.05, 4.69) is 0 Å². The van der Waals surface area contributed by atoms with Gasteiger partial charge in [0.15, 0.2) is 0 Å². The van der Waals surface area contributed by atoms with Crippen LogP contribution in [0.2, 0.25) is 0 Å². The minimum absolute atomic E-state index is 0.155. The number of ether oxygens (including phenoxy) is 1. The van der Waals surface area contributed by atoms with E-state index in [4.69, 9.17) is 16.2 Å². The highest BCUT2D eigenvalue weighted by molar-refractivity contribution is 5.84. The largest absolute Gasteiger partial charge is 0.497 e. The lowest BCUT2D eigenvalue weighted by Gasteiger charge is -2.18. The fraction of sp³-hybridized carbons (Fsp3) is 0.286. The van der Waals surface area contributed by atoms with Crippen LogP contribution in [0.1, 0.15) is 11.6 Å². The first-order chi connectivity index (χ1) is 8.65. The number of benzene rings is 2. The molecule has 0 aliphatic heterocycles. The maximum atomic E-state index is 9.66.